The number of carbonyl (C=O) groups excluding carboxylic acids is 1. The molecule has 1 amide bonds. The van der Waals surface area contributed by atoms with Crippen molar-refractivity contribution in [2.45, 2.75) is 32.4 Å². The molecule has 0 spiro atoms. The van der Waals surface area contributed by atoms with E-state index in [1.54, 1.807) is 0 Å². The van der Waals surface area contributed by atoms with E-state index in [2.05, 4.69) is 5.32 Å². The number of halogens is 1. The highest BCUT2D eigenvalue weighted by molar-refractivity contribution is 5.96. The summed E-state index contributed by atoms with van der Waals surface area (Å²) in [5.41, 5.74) is -0.501. The van der Waals surface area contributed by atoms with Gasteiger partial charge in [-0.2, -0.15) is 0 Å². The molecule has 0 aromatic heterocycles. The number of carboxylic acids is 1. The third-order valence-electron chi connectivity index (χ3n) is 4.85. The number of ether oxygens (including phenoxy) is 1. The van der Waals surface area contributed by atoms with E-state index < -0.39 is 17.7 Å². The number of nitrogens with one attached hydrogen (secondary N) is 1. The Labute approximate surface area is 127 Å². The van der Waals surface area contributed by atoms with Crippen molar-refractivity contribution in [2.75, 3.05) is 6.61 Å². The zero-order valence-electron chi connectivity index (χ0n) is 12.4. The summed E-state index contributed by atoms with van der Waals surface area (Å²) >= 11 is 0. The molecule has 1 saturated heterocycles. The molecule has 2 fully saturated rings. The smallest absolute Gasteiger partial charge is 0.335 e. The monoisotopic (exact) mass is 307 g/mol. The van der Waals surface area contributed by atoms with Gasteiger partial charge in [0.05, 0.1) is 17.2 Å². The Bertz CT molecular complexity index is 643. The molecule has 118 valence electrons. The quantitative estimate of drug-likeness (QED) is 0.896. The molecule has 3 atom stereocenters. The molecule has 3 rings (SSSR count). The topological polar surface area (TPSA) is 75.6 Å². The maximum atomic E-state index is 13.9. The van der Waals surface area contributed by atoms with E-state index in [-0.39, 0.29) is 34.6 Å². The zero-order chi connectivity index (χ0) is 16.1. The van der Waals surface area contributed by atoms with Gasteiger partial charge in [0.15, 0.2) is 0 Å². The molecular weight excluding hydrogens is 289 g/mol. The number of fused-ring (bicyclic) bond motifs is 1. The summed E-state index contributed by atoms with van der Waals surface area (Å²) in [4.78, 5) is 23.1. The summed E-state index contributed by atoms with van der Waals surface area (Å²) in [5, 5.41) is 11.7. The molecule has 1 saturated carbocycles. The number of rotatable bonds is 3. The maximum absolute atomic E-state index is 13.9. The van der Waals surface area contributed by atoms with Crippen LogP contribution in [0.25, 0.3) is 0 Å². The van der Waals surface area contributed by atoms with Gasteiger partial charge in [-0.1, -0.05) is 13.8 Å². The van der Waals surface area contributed by atoms with Gasteiger partial charge < -0.3 is 15.2 Å². The van der Waals surface area contributed by atoms with Crippen molar-refractivity contribution in [3.8, 4) is 0 Å². The second-order valence-corrected chi connectivity index (χ2v) is 6.52. The first kappa shape index (κ1) is 15.0. The minimum absolute atomic E-state index is 0.0638. The van der Waals surface area contributed by atoms with Crippen molar-refractivity contribution in [2.24, 2.45) is 11.3 Å². The van der Waals surface area contributed by atoms with Crippen LogP contribution in [0.15, 0.2) is 18.2 Å². The van der Waals surface area contributed by atoms with Gasteiger partial charge in [0.1, 0.15) is 5.82 Å². The Morgan fingerprint density at radius 1 is 1.41 bits per heavy atom. The minimum atomic E-state index is -1.23. The van der Waals surface area contributed by atoms with Crippen molar-refractivity contribution in [3.63, 3.8) is 0 Å². The van der Waals surface area contributed by atoms with Gasteiger partial charge in [0.25, 0.3) is 5.91 Å². The Kier molecular flexibility index (Phi) is 3.44. The Morgan fingerprint density at radius 3 is 2.77 bits per heavy atom. The van der Waals surface area contributed by atoms with Crippen LogP contribution < -0.4 is 5.32 Å². The van der Waals surface area contributed by atoms with E-state index in [0.29, 0.717) is 6.61 Å². The Balaban J connectivity index is 1.76. The first-order valence-electron chi connectivity index (χ1n) is 7.27. The van der Waals surface area contributed by atoms with Crippen molar-refractivity contribution < 1.29 is 23.8 Å². The molecule has 0 radical (unpaired) electrons. The van der Waals surface area contributed by atoms with Crippen LogP contribution in [0.1, 0.15) is 41.0 Å². The zero-order valence-corrected chi connectivity index (χ0v) is 12.4. The fourth-order valence-electron chi connectivity index (χ4n) is 3.67. The Morgan fingerprint density at radius 2 is 2.14 bits per heavy atom. The van der Waals surface area contributed by atoms with Crippen LogP contribution in [0.4, 0.5) is 4.39 Å². The molecule has 1 aliphatic heterocycles. The molecule has 5 nitrogen and oxygen atoms in total. The summed E-state index contributed by atoms with van der Waals surface area (Å²) in [5.74, 6) is -2.30. The third kappa shape index (κ3) is 2.18. The van der Waals surface area contributed by atoms with Gasteiger partial charge in [-0.3, -0.25) is 4.79 Å². The van der Waals surface area contributed by atoms with E-state index in [4.69, 9.17) is 9.84 Å². The second kappa shape index (κ2) is 5.05. The van der Waals surface area contributed by atoms with Crippen LogP contribution >= 0.6 is 0 Å². The lowest BCUT2D eigenvalue weighted by Crippen LogP contribution is -2.66. The lowest BCUT2D eigenvalue weighted by molar-refractivity contribution is -0.108. The van der Waals surface area contributed by atoms with E-state index in [0.717, 1.165) is 12.5 Å². The van der Waals surface area contributed by atoms with E-state index >= 15 is 0 Å². The highest BCUT2D eigenvalue weighted by atomic mass is 19.1. The summed E-state index contributed by atoms with van der Waals surface area (Å²) < 4.78 is 19.6. The first-order chi connectivity index (χ1) is 10.3. The van der Waals surface area contributed by atoms with Crippen LogP contribution in [-0.4, -0.2) is 35.7 Å². The predicted molar refractivity (Wildman–Crippen MR) is 76.2 cm³/mol. The van der Waals surface area contributed by atoms with E-state index in [1.807, 2.05) is 13.8 Å². The maximum Gasteiger partial charge on any atom is 0.335 e. The number of amides is 1. The number of hydrogen-bond donors (Lipinski definition) is 2. The predicted octanol–water partition coefficient (Wildman–Crippen LogP) is 2.07. The van der Waals surface area contributed by atoms with Gasteiger partial charge in [0, 0.05) is 24.0 Å². The molecule has 2 N–H and O–H groups in total. The standard InChI is InChI=1S/C16H18FNO4/c1-16(2)12(10-5-6-22-13(10)16)18-14(19)9-4-3-8(15(20)21)7-11(9)17/h3-4,7,10,12-13H,5-6H2,1-2H3,(H,18,19)(H,20,21). The van der Waals surface area contributed by atoms with E-state index in [1.165, 1.54) is 12.1 Å². The van der Waals surface area contributed by atoms with E-state index in [9.17, 15) is 14.0 Å². The average Bonchev–Trinajstić information content (AvgIpc) is 2.91. The summed E-state index contributed by atoms with van der Waals surface area (Å²) in [6, 6.07) is 3.24. The fraction of sp³-hybridized carbons (Fsp3) is 0.500. The molecule has 1 aromatic carbocycles. The van der Waals surface area contributed by atoms with Crippen molar-refractivity contribution in [3.05, 3.63) is 35.1 Å². The van der Waals surface area contributed by atoms with Gasteiger partial charge in [-0.15, -0.1) is 0 Å². The lowest BCUT2D eigenvalue weighted by atomic mass is 9.57. The molecule has 1 aromatic rings. The number of benzene rings is 1. The molecule has 1 aliphatic carbocycles. The second-order valence-electron chi connectivity index (χ2n) is 6.52. The molecule has 22 heavy (non-hydrogen) atoms. The molecule has 1 heterocycles. The highest BCUT2D eigenvalue weighted by Crippen LogP contribution is 2.52. The molecule has 0 bridgehead atoms. The van der Waals surface area contributed by atoms with Crippen molar-refractivity contribution in [1.29, 1.82) is 0 Å². The van der Waals surface area contributed by atoms with Crippen LogP contribution in [0.5, 0.6) is 0 Å². The fourth-order valence-corrected chi connectivity index (χ4v) is 3.67. The molecule has 3 unspecified atom stereocenters. The summed E-state index contributed by atoms with van der Waals surface area (Å²) in [6.07, 6.45) is 1.02. The number of carboxylic acid groups (broad SMARTS) is 1. The number of aromatic carboxylic acids is 1. The molecule has 2 aliphatic rings. The van der Waals surface area contributed by atoms with Gasteiger partial charge in [-0.25, -0.2) is 9.18 Å². The Hall–Kier alpha value is -1.95. The first-order valence-corrected chi connectivity index (χ1v) is 7.27. The average molecular weight is 307 g/mol. The van der Waals surface area contributed by atoms with Crippen molar-refractivity contribution in [1.82, 2.24) is 5.32 Å². The van der Waals surface area contributed by atoms with Crippen LogP contribution in [0, 0.1) is 17.2 Å². The highest BCUT2D eigenvalue weighted by Gasteiger charge is 2.59. The summed E-state index contributed by atoms with van der Waals surface area (Å²) in [6.45, 7) is 4.73. The SMILES string of the molecule is CC1(C)C(NC(=O)c2ccc(C(=O)O)cc2F)C2CCOC21. The lowest BCUT2D eigenvalue weighted by Gasteiger charge is -2.54. The largest absolute Gasteiger partial charge is 0.478 e. The van der Waals surface area contributed by atoms with Gasteiger partial charge in [-0.05, 0) is 24.6 Å². The summed E-state index contributed by atoms with van der Waals surface area (Å²) in [7, 11) is 0. The van der Waals surface area contributed by atoms with Crippen LogP contribution in [-0.2, 0) is 4.74 Å². The number of hydrogen-bond acceptors (Lipinski definition) is 3. The molecular formula is C16H18FNO4. The normalized spacial score (nSPS) is 28.6. The van der Waals surface area contributed by atoms with Crippen molar-refractivity contribution >= 4 is 11.9 Å². The van der Waals surface area contributed by atoms with Crippen LogP contribution in [0.2, 0.25) is 0 Å². The number of carbonyl (C=O) groups is 2. The minimum Gasteiger partial charge on any atom is -0.478 e. The van der Waals surface area contributed by atoms with Gasteiger partial charge >= 0.3 is 5.97 Å². The molecule has 6 heteroatoms. The van der Waals surface area contributed by atoms with Crippen LogP contribution in [0.3, 0.4) is 0 Å². The third-order valence-corrected chi connectivity index (χ3v) is 4.85. The van der Waals surface area contributed by atoms with Gasteiger partial charge in [0.2, 0.25) is 0 Å².